The minimum Gasteiger partial charge on any atom is -0.339 e. The second-order valence-corrected chi connectivity index (χ2v) is 7.44. The molecule has 0 aromatic heterocycles. The third-order valence-corrected chi connectivity index (χ3v) is 5.96. The molecular formula is C14H26N2OS. The zero-order valence-electron chi connectivity index (χ0n) is 11.7. The number of carbonyl (C=O) groups excluding carboxylic acids is 1. The molecule has 1 unspecified atom stereocenters. The molecule has 1 atom stereocenters. The number of rotatable bonds is 3. The van der Waals surface area contributed by atoms with E-state index >= 15 is 0 Å². The molecule has 104 valence electrons. The SMILES string of the molecule is CCN(C(=O)C1(C)CCCS1)C1CCC(N)CC1. The zero-order valence-corrected chi connectivity index (χ0v) is 12.5. The van der Waals surface area contributed by atoms with Crippen LogP contribution < -0.4 is 5.73 Å². The Hall–Kier alpha value is -0.220. The predicted octanol–water partition coefficient (Wildman–Crippen LogP) is 2.39. The number of thioether (sulfide) groups is 1. The Labute approximate surface area is 115 Å². The van der Waals surface area contributed by atoms with Crippen LogP contribution in [0.4, 0.5) is 0 Å². The van der Waals surface area contributed by atoms with Crippen molar-refractivity contribution in [2.75, 3.05) is 12.3 Å². The highest BCUT2D eigenvalue weighted by Crippen LogP contribution is 2.40. The van der Waals surface area contributed by atoms with E-state index in [-0.39, 0.29) is 4.75 Å². The molecule has 1 aliphatic heterocycles. The standard InChI is InChI=1S/C14H26N2OS/c1-3-16(12-7-5-11(15)6-8-12)13(17)14(2)9-4-10-18-14/h11-12H,3-10,15H2,1-2H3. The average molecular weight is 270 g/mol. The first-order valence-electron chi connectivity index (χ1n) is 7.27. The van der Waals surface area contributed by atoms with Gasteiger partial charge in [-0.1, -0.05) is 0 Å². The number of carbonyl (C=O) groups is 1. The van der Waals surface area contributed by atoms with Crippen molar-refractivity contribution in [2.45, 2.75) is 69.2 Å². The van der Waals surface area contributed by atoms with E-state index in [2.05, 4.69) is 18.7 Å². The molecule has 0 aromatic rings. The van der Waals surface area contributed by atoms with Gasteiger partial charge in [-0.15, -0.1) is 11.8 Å². The third kappa shape index (κ3) is 2.85. The van der Waals surface area contributed by atoms with Gasteiger partial charge in [0.25, 0.3) is 0 Å². The fraction of sp³-hybridized carbons (Fsp3) is 0.929. The second-order valence-electron chi connectivity index (χ2n) is 5.84. The average Bonchev–Trinajstić information content (AvgIpc) is 2.81. The number of nitrogens with two attached hydrogens (primary N) is 1. The molecule has 2 fully saturated rings. The maximum absolute atomic E-state index is 12.8. The van der Waals surface area contributed by atoms with Gasteiger partial charge in [0.1, 0.15) is 0 Å². The Morgan fingerprint density at radius 2 is 2.06 bits per heavy atom. The molecule has 4 heteroatoms. The van der Waals surface area contributed by atoms with Crippen LogP contribution in [0.5, 0.6) is 0 Å². The first kappa shape index (κ1) is 14.2. The van der Waals surface area contributed by atoms with E-state index in [4.69, 9.17) is 5.73 Å². The van der Waals surface area contributed by atoms with Gasteiger partial charge in [-0.3, -0.25) is 4.79 Å². The van der Waals surface area contributed by atoms with E-state index in [0.717, 1.165) is 44.4 Å². The van der Waals surface area contributed by atoms with Gasteiger partial charge in [-0.05, 0) is 58.1 Å². The van der Waals surface area contributed by atoms with Crippen LogP contribution >= 0.6 is 11.8 Å². The van der Waals surface area contributed by atoms with Crippen LogP contribution in [0.1, 0.15) is 52.4 Å². The lowest BCUT2D eigenvalue weighted by atomic mass is 9.89. The Balaban J connectivity index is 2.01. The van der Waals surface area contributed by atoms with Crippen molar-refractivity contribution in [1.82, 2.24) is 4.90 Å². The minimum atomic E-state index is -0.157. The lowest BCUT2D eigenvalue weighted by molar-refractivity contribution is -0.136. The summed E-state index contributed by atoms with van der Waals surface area (Å²) in [7, 11) is 0. The minimum absolute atomic E-state index is 0.157. The smallest absolute Gasteiger partial charge is 0.238 e. The summed E-state index contributed by atoms with van der Waals surface area (Å²) in [5, 5.41) is 0. The number of amides is 1. The molecule has 1 saturated carbocycles. The van der Waals surface area contributed by atoms with Crippen LogP contribution in [-0.4, -0.2) is 39.9 Å². The van der Waals surface area contributed by atoms with Gasteiger partial charge >= 0.3 is 0 Å². The molecule has 1 heterocycles. The maximum Gasteiger partial charge on any atom is 0.238 e. The molecule has 0 bridgehead atoms. The van der Waals surface area contributed by atoms with Crippen LogP contribution in [0.2, 0.25) is 0 Å². The van der Waals surface area contributed by atoms with Crippen LogP contribution in [0.15, 0.2) is 0 Å². The van der Waals surface area contributed by atoms with E-state index in [9.17, 15) is 4.79 Å². The van der Waals surface area contributed by atoms with Crippen molar-refractivity contribution in [1.29, 1.82) is 0 Å². The fourth-order valence-electron chi connectivity index (χ4n) is 3.23. The quantitative estimate of drug-likeness (QED) is 0.856. The maximum atomic E-state index is 12.8. The number of hydrogen-bond acceptors (Lipinski definition) is 3. The molecule has 1 aliphatic carbocycles. The molecule has 0 radical (unpaired) electrons. The summed E-state index contributed by atoms with van der Waals surface area (Å²) in [4.78, 5) is 14.9. The van der Waals surface area contributed by atoms with Gasteiger partial charge < -0.3 is 10.6 Å². The van der Waals surface area contributed by atoms with Crippen molar-refractivity contribution in [3.8, 4) is 0 Å². The fourth-order valence-corrected chi connectivity index (χ4v) is 4.50. The van der Waals surface area contributed by atoms with E-state index in [0.29, 0.717) is 18.0 Å². The van der Waals surface area contributed by atoms with E-state index in [1.807, 2.05) is 11.8 Å². The number of nitrogens with zero attached hydrogens (tertiary/aromatic N) is 1. The van der Waals surface area contributed by atoms with Crippen molar-refractivity contribution < 1.29 is 4.79 Å². The van der Waals surface area contributed by atoms with Crippen molar-refractivity contribution in [3.05, 3.63) is 0 Å². The number of hydrogen-bond donors (Lipinski definition) is 1. The highest BCUT2D eigenvalue weighted by atomic mass is 32.2. The summed E-state index contributed by atoms with van der Waals surface area (Å²) in [5.74, 6) is 1.50. The lowest BCUT2D eigenvalue weighted by Gasteiger charge is -2.39. The van der Waals surface area contributed by atoms with Crippen LogP contribution in [-0.2, 0) is 4.79 Å². The highest BCUT2D eigenvalue weighted by molar-refractivity contribution is 8.01. The normalized spacial score (nSPS) is 36.6. The zero-order chi connectivity index (χ0) is 13.2. The molecule has 0 spiro atoms. The van der Waals surface area contributed by atoms with Gasteiger partial charge in [0.2, 0.25) is 5.91 Å². The summed E-state index contributed by atoms with van der Waals surface area (Å²) in [6, 6.07) is 0.784. The van der Waals surface area contributed by atoms with Gasteiger partial charge in [0.15, 0.2) is 0 Å². The van der Waals surface area contributed by atoms with Crippen molar-refractivity contribution in [3.63, 3.8) is 0 Å². The topological polar surface area (TPSA) is 46.3 Å². The first-order valence-corrected chi connectivity index (χ1v) is 8.26. The molecule has 2 aliphatic rings. The molecule has 2 rings (SSSR count). The van der Waals surface area contributed by atoms with Gasteiger partial charge in [0, 0.05) is 18.6 Å². The van der Waals surface area contributed by atoms with Gasteiger partial charge in [0.05, 0.1) is 4.75 Å². The van der Waals surface area contributed by atoms with Gasteiger partial charge in [-0.2, -0.15) is 0 Å². The Kier molecular flexibility index (Phi) is 4.59. The van der Waals surface area contributed by atoms with Crippen LogP contribution in [0, 0.1) is 0 Å². The molecule has 1 saturated heterocycles. The molecular weight excluding hydrogens is 244 g/mol. The van der Waals surface area contributed by atoms with Crippen molar-refractivity contribution >= 4 is 17.7 Å². The van der Waals surface area contributed by atoms with E-state index in [1.54, 1.807) is 0 Å². The molecule has 3 nitrogen and oxygen atoms in total. The molecule has 18 heavy (non-hydrogen) atoms. The first-order chi connectivity index (χ1) is 8.57. The largest absolute Gasteiger partial charge is 0.339 e. The Morgan fingerprint density at radius 1 is 1.39 bits per heavy atom. The van der Waals surface area contributed by atoms with Gasteiger partial charge in [-0.25, -0.2) is 0 Å². The molecule has 0 aromatic carbocycles. The second kappa shape index (κ2) is 5.83. The Morgan fingerprint density at radius 3 is 2.56 bits per heavy atom. The third-order valence-electron chi connectivity index (χ3n) is 4.45. The van der Waals surface area contributed by atoms with Crippen molar-refractivity contribution in [2.24, 2.45) is 5.73 Å². The van der Waals surface area contributed by atoms with Crippen LogP contribution in [0.25, 0.3) is 0 Å². The van der Waals surface area contributed by atoms with Crippen LogP contribution in [0.3, 0.4) is 0 Å². The summed E-state index contributed by atoms with van der Waals surface area (Å²) >= 11 is 1.85. The Bertz CT molecular complexity index is 294. The predicted molar refractivity (Wildman–Crippen MR) is 77.7 cm³/mol. The molecule has 1 amide bonds. The summed E-state index contributed by atoms with van der Waals surface area (Å²) in [5.41, 5.74) is 5.96. The van der Waals surface area contributed by atoms with E-state index in [1.165, 1.54) is 6.42 Å². The lowest BCUT2D eigenvalue weighted by Crippen LogP contribution is -2.50. The summed E-state index contributed by atoms with van der Waals surface area (Å²) in [6.45, 7) is 5.08. The summed E-state index contributed by atoms with van der Waals surface area (Å²) in [6.07, 6.45) is 6.53. The summed E-state index contributed by atoms with van der Waals surface area (Å²) < 4.78 is -0.157. The van der Waals surface area contributed by atoms with E-state index < -0.39 is 0 Å². The monoisotopic (exact) mass is 270 g/mol. The highest BCUT2D eigenvalue weighted by Gasteiger charge is 2.41. The molecule has 2 N–H and O–H groups in total.